The minimum absolute atomic E-state index is 0.0751. The summed E-state index contributed by atoms with van der Waals surface area (Å²) in [5.41, 5.74) is 13.3. The second-order valence-electron chi connectivity index (χ2n) is 17.6. The van der Waals surface area contributed by atoms with Crippen LogP contribution >= 0.6 is 0 Å². The van der Waals surface area contributed by atoms with Crippen molar-refractivity contribution in [3.05, 3.63) is 239 Å². The van der Waals surface area contributed by atoms with Crippen LogP contribution in [0.5, 0.6) is 23.0 Å². The van der Waals surface area contributed by atoms with Gasteiger partial charge in [0.1, 0.15) is 67.7 Å². The molecule has 326 valence electrons. The Kier molecular flexibility index (Phi) is 10.2. The SMILES string of the molecule is OC(COc1ccc(C2(c3ccc(OCC4CO4)cc3)c3ccccc3-c3ccccc32)cc1)COc1ccc(C2(c3ccc(OCC4CO4)cc3)c3ccccc3-c3ccccc32)cc1. The van der Waals surface area contributed by atoms with E-state index in [9.17, 15) is 5.11 Å². The second kappa shape index (κ2) is 16.7. The third kappa shape index (κ3) is 7.02. The second-order valence-corrected chi connectivity index (χ2v) is 17.6. The Bertz CT molecular complexity index is 2710. The number of fused-ring (bicyclic) bond motifs is 6. The molecule has 0 radical (unpaired) electrons. The van der Waals surface area contributed by atoms with Crippen LogP contribution in [0.2, 0.25) is 0 Å². The summed E-state index contributed by atoms with van der Waals surface area (Å²) in [5, 5.41) is 11.1. The fourth-order valence-electron chi connectivity index (χ4n) is 10.4. The molecule has 0 aromatic heterocycles. The number of ether oxygens (including phenoxy) is 6. The summed E-state index contributed by atoms with van der Waals surface area (Å²) < 4.78 is 35.2. The lowest BCUT2D eigenvalue weighted by atomic mass is 9.68. The number of epoxide rings is 2. The topological polar surface area (TPSA) is 82.2 Å². The molecule has 2 atom stereocenters. The molecule has 1 N–H and O–H groups in total. The summed E-state index contributed by atoms with van der Waals surface area (Å²) in [6, 6.07) is 68.3. The molecule has 2 aliphatic heterocycles. The van der Waals surface area contributed by atoms with Gasteiger partial charge in [0.25, 0.3) is 0 Å². The molecule has 2 saturated heterocycles. The van der Waals surface area contributed by atoms with E-state index in [0.29, 0.717) is 24.7 Å². The van der Waals surface area contributed by atoms with Crippen molar-refractivity contribution >= 4 is 0 Å². The number of benzene rings is 8. The van der Waals surface area contributed by atoms with Crippen molar-refractivity contribution in [1.82, 2.24) is 0 Å². The first kappa shape index (κ1) is 40.4. The smallest absolute Gasteiger partial charge is 0.122 e. The Hall–Kier alpha value is -7.16. The van der Waals surface area contributed by atoms with E-state index in [1.54, 1.807) is 0 Å². The third-order valence-electron chi connectivity index (χ3n) is 13.6. The van der Waals surface area contributed by atoms with Gasteiger partial charge in [-0.05, 0) is 115 Å². The van der Waals surface area contributed by atoms with Crippen LogP contribution in [0.4, 0.5) is 0 Å². The van der Waals surface area contributed by atoms with Crippen LogP contribution < -0.4 is 18.9 Å². The van der Waals surface area contributed by atoms with Gasteiger partial charge in [-0.25, -0.2) is 0 Å². The summed E-state index contributed by atoms with van der Waals surface area (Å²) >= 11 is 0. The number of hydrogen-bond acceptors (Lipinski definition) is 7. The number of hydrogen-bond donors (Lipinski definition) is 1. The first-order chi connectivity index (χ1) is 32.6. The molecule has 0 bridgehead atoms. The molecule has 12 rings (SSSR count). The average molecular weight is 869 g/mol. The first-order valence-corrected chi connectivity index (χ1v) is 22.8. The van der Waals surface area contributed by atoms with Gasteiger partial charge < -0.3 is 33.5 Å². The Morgan fingerprint density at radius 2 is 0.636 bits per heavy atom. The fourth-order valence-corrected chi connectivity index (χ4v) is 10.4. The number of aliphatic hydroxyl groups excluding tert-OH is 1. The normalized spacial score (nSPS) is 18.0. The molecular formula is C59H48O7. The molecule has 4 aliphatic rings. The van der Waals surface area contributed by atoms with E-state index in [1.807, 2.05) is 24.3 Å². The Morgan fingerprint density at radius 3 is 0.909 bits per heavy atom. The van der Waals surface area contributed by atoms with E-state index >= 15 is 0 Å². The quantitative estimate of drug-likeness (QED) is 0.0969. The third-order valence-corrected chi connectivity index (χ3v) is 13.6. The molecule has 2 aliphatic carbocycles. The highest BCUT2D eigenvalue weighted by molar-refractivity contribution is 5.87. The predicted molar refractivity (Wildman–Crippen MR) is 255 cm³/mol. The Morgan fingerprint density at radius 1 is 0.379 bits per heavy atom. The van der Waals surface area contributed by atoms with Crippen molar-refractivity contribution < 1.29 is 33.5 Å². The Balaban J connectivity index is 0.763. The summed E-state index contributed by atoms with van der Waals surface area (Å²) in [6.07, 6.45) is -0.479. The van der Waals surface area contributed by atoms with Crippen LogP contribution in [0.15, 0.2) is 194 Å². The molecule has 0 spiro atoms. The fraction of sp³-hybridized carbons (Fsp3) is 0.186. The van der Waals surface area contributed by atoms with Crippen LogP contribution in [0, 0.1) is 0 Å². The lowest BCUT2D eigenvalue weighted by Gasteiger charge is -2.34. The molecule has 8 aromatic carbocycles. The molecule has 8 aromatic rings. The monoisotopic (exact) mass is 868 g/mol. The summed E-state index contributed by atoms with van der Waals surface area (Å²) in [7, 11) is 0. The lowest BCUT2D eigenvalue weighted by molar-refractivity contribution is 0.0626. The number of rotatable bonds is 16. The highest BCUT2D eigenvalue weighted by Crippen LogP contribution is 2.58. The molecular weight excluding hydrogens is 821 g/mol. The van der Waals surface area contributed by atoms with Crippen LogP contribution in [0.25, 0.3) is 22.3 Å². The molecule has 2 unspecified atom stereocenters. The summed E-state index contributed by atoms with van der Waals surface area (Å²) in [4.78, 5) is 0. The van der Waals surface area contributed by atoms with Crippen LogP contribution in [0.1, 0.15) is 44.5 Å². The van der Waals surface area contributed by atoms with Crippen molar-refractivity contribution in [2.45, 2.75) is 29.1 Å². The maximum atomic E-state index is 11.1. The van der Waals surface area contributed by atoms with E-state index in [0.717, 1.165) is 47.0 Å². The van der Waals surface area contributed by atoms with Crippen molar-refractivity contribution in [2.24, 2.45) is 0 Å². The van der Waals surface area contributed by atoms with Crippen molar-refractivity contribution in [3.63, 3.8) is 0 Å². The lowest BCUT2D eigenvalue weighted by Crippen LogP contribution is -2.29. The zero-order chi connectivity index (χ0) is 44.1. The minimum Gasteiger partial charge on any atom is -0.491 e. The molecule has 7 nitrogen and oxygen atoms in total. The van der Waals surface area contributed by atoms with Crippen LogP contribution in [-0.4, -0.2) is 63.1 Å². The minimum atomic E-state index is -0.858. The van der Waals surface area contributed by atoms with E-state index in [1.165, 1.54) is 44.5 Å². The Labute approximate surface area is 384 Å². The van der Waals surface area contributed by atoms with Gasteiger partial charge in [-0.3, -0.25) is 0 Å². The molecule has 7 heteroatoms. The maximum absolute atomic E-state index is 11.1. The van der Waals surface area contributed by atoms with E-state index in [4.69, 9.17) is 28.4 Å². The van der Waals surface area contributed by atoms with Crippen LogP contribution in [-0.2, 0) is 20.3 Å². The van der Waals surface area contributed by atoms with E-state index < -0.39 is 16.9 Å². The van der Waals surface area contributed by atoms with Crippen molar-refractivity contribution in [2.75, 3.05) is 39.6 Å². The van der Waals surface area contributed by atoms with Crippen molar-refractivity contribution in [3.8, 4) is 45.3 Å². The van der Waals surface area contributed by atoms with Gasteiger partial charge in [0.05, 0.1) is 24.0 Å². The van der Waals surface area contributed by atoms with Crippen molar-refractivity contribution in [1.29, 1.82) is 0 Å². The zero-order valence-electron chi connectivity index (χ0n) is 36.3. The zero-order valence-corrected chi connectivity index (χ0v) is 36.3. The van der Waals surface area contributed by atoms with Crippen LogP contribution in [0.3, 0.4) is 0 Å². The largest absolute Gasteiger partial charge is 0.491 e. The van der Waals surface area contributed by atoms with Gasteiger partial charge in [0.2, 0.25) is 0 Å². The number of aliphatic hydroxyl groups is 1. The molecule has 2 heterocycles. The maximum Gasteiger partial charge on any atom is 0.122 e. The highest BCUT2D eigenvalue weighted by atomic mass is 16.6. The van der Waals surface area contributed by atoms with Gasteiger partial charge in [-0.1, -0.05) is 146 Å². The molecule has 66 heavy (non-hydrogen) atoms. The average Bonchev–Trinajstić information content (AvgIpc) is 4.33. The summed E-state index contributed by atoms with van der Waals surface area (Å²) in [5.74, 6) is 2.99. The van der Waals surface area contributed by atoms with Gasteiger partial charge in [0.15, 0.2) is 0 Å². The predicted octanol–water partition coefficient (Wildman–Crippen LogP) is 10.8. The van der Waals surface area contributed by atoms with Gasteiger partial charge in [-0.2, -0.15) is 0 Å². The van der Waals surface area contributed by atoms with Gasteiger partial charge >= 0.3 is 0 Å². The molecule has 2 fully saturated rings. The van der Waals surface area contributed by atoms with E-state index in [-0.39, 0.29) is 25.4 Å². The van der Waals surface area contributed by atoms with Gasteiger partial charge in [-0.15, -0.1) is 0 Å². The van der Waals surface area contributed by atoms with Gasteiger partial charge in [0, 0.05) is 0 Å². The van der Waals surface area contributed by atoms with E-state index in [2.05, 4.69) is 170 Å². The highest BCUT2D eigenvalue weighted by Gasteiger charge is 2.47. The first-order valence-electron chi connectivity index (χ1n) is 22.8. The molecule has 0 saturated carbocycles. The standard InChI is InChI=1S/C59H48O7/c60-43(33-61-44-25-17-39(18-26-44)58(41-21-29-46(30-22-41)63-35-48-37-65-48)54-13-5-1-9-50(54)51-10-2-6-14-55(51)58)34-62-45-27-19-40(20-28-45)59(42-23-31-47(32-24-42)64-36-49-38-66-49)56-15-7-3-11-52(56)53-12-4-8-16-57(53)59/h1-32,43,48-49,60H,33-38H2. The summed E-state index contributed by atoms with van der Waals surface area (Å²) in [6.45, 7) is 2.78. The molecule has 0 amide bonds.